The predicted molar refractivity (Wildman–Crippen MR) is 66.3 cm³/mol. The standard InChI is InChI=1S/C13H16F3NO3/c1-2-17(8-7-12(18)19)9-10-5-3-4-6-11(10)20-13(14,15)16/h3-6H,2,7-9H2,1H3,(H,18,19). The number of hydrogen-bond acceptors (Lipinski definition) is 3. The van der Waals surface area contributed by atoms with Crippen LogP contribution in [0.25, 0.3) is 0 Å². The van der Waals surface area contributed by atoms with Gasteiger partial charge in [-0.15, -0.1) is 13.2 Å². The highest BCUT2D eigenvalue weighted by Crippen LogP contribution is 2.27. The number of carbonyl (C=O) groups is 1. The molecule has 0 radical (unpaired) electrons. The zero-order chi connectivity index (χ0) is 15.2. The van der Waals surface area contributed by atoms with E-state index < -0.39 is 12.3 Å². The average Bonchev–Trinajstić information content (AvgIpc) is 2.34. The van der Waals surface area contributed by atoms with Crippen LogP contribution in [-0.2, 0) is 11.3 Å². The van der Waals surface area contributed by atoms with E-state index in [9.17, 15) is 18.0 Å². The molecule has 20 heavy (non-hydrogen) atoms. The molecule has 112 valence electrons. The topological polar surface area (TPSA) is 49.8 Å². The Morgan fingerprint density at radius 2 is 2.00 bits per heavy atom. The Morgan fingerprint density at radius 1 is 1.35 bits per heavy atom. The molecule has 1 aromatic carbocycles. The van der Waals surface area contributed by atoms with E-state index in [2.05, 4.69) is 4.74 Å². The van der Waals surface area contributed by atoms with Crippen molar-refractivity contribution in [3.05, 3.63) is 29.8 Å². The summed E-state index contributed by atoms with van der Waals surface area (Å²) in [5.41, 5.74) is 0.372. The highest BCUT2D eigenvalue weighted by atomic mass is 19.4. The van der Waals surface area contributed by atoms with Gasteiger partial charge >= 0.3 is 12.3 Å². The molecule has 1 aromatic rings. The fourth-order valence-corrected chi connectivity index (χ4v) is 1.70. The average molecular weight is 291 g/mol. The fourth-order valence-electron chi connectivity index (χ4n) is 1.70. The summed E-state index contributed by atoms with van der Waals surface area (Å²) < 4.78 is 40.8. The first kappa shape index (κ1) is 16.3. The summed E-state index contributed by atoms with van der Waals surface area (Å²) in [6.45, 7) is 2.82. The number of nitrogens with zero attached hydrogens (tertiary/aromatic N) is 1. The highest BCUT2D eigenvalue weighted by molar-refractivity contribution is 5.66. The molecule has 0 bridgehead atoms. The number of halogens is 3. The quantitative estimate of drug-likeness (QED) is 0.839. The zero-order valence-corrected chi connectivity index (χ0v) is 11.0. The van der Waals surface area contributed by atoms with Gasteiger partial charge in [0.2, 0.25) is 0 Å². The molecule has 1 rings (SSSR count). The second-order valence-electron chi connectivity index (χ2n) is 4.17. The van der Waals surface area contributed by atoms with Gasteiger partial charge in [0.1, 0.15) is 5.75 Å². The number of aliphatic carboxylic acids is 1. The second-order valence-corrected chi connectivity index (χ2v) is 4.17. The van der Waals surface area contributed by atoms with Gasteiger partial charge in [0.05, 0.1) is 6.42 Å². The van der Waals surface area contributed by atoms with Crippen molar-refractivity contribution < 1.29 is 27.8 Å². The molecule has 0 heterocycles. The van der Waals surface area contributed by atoms with E-state index >= 15 is 0 Å². The fraction of sp³-hybridized carbons (Fsp3) is 0.462. The molecule has 4 nitrogen and oxygen atoms in total. The van der Waals surface area contributed by atoms with Crippen LogP contribution >= 0.6 is 0 Å². The van der Waals surface area contributed by atoms with Crippen molar-refractivity contribution in [1.82, 2.24) is 4.90 Å². The van der Waals surface area contributed by atoms with Crippen molar-refractivity contribution in [3.63, 3.8) is 0 Å². The van der Waals surface area contributed by atoms with Crippen LogP contribution in [0.5, 0.6) is 5.75 Å². The monoisotopic (exact) mass is 291 g/mol. The summed E-state index contributed by atoms with van der Waals surface area (Å²) in [6.07, 6.45) is -4.80. The molecular formula is C13H16F3NO3. The van der Waals surface area contributed by atoms with Crippen LogP contribution < -0.4 is 4.74 Å². The lowest BCUT2D eigenvalue weighted by molar-refractivity contribution is -0.275. The van der Waals surface area contributed by atoms with E-state index in [0.29, 0.717) is 12.1 Å². The maximum absolute atomic E-state index is 12.3. The summed E-state index contributed by atoms with van der Waals surface area (Å²) in [7, 11) is 0. The zero-order valence-electron chi connectivity index (χ0n) is 11.0. The molecule has 0 saturated heterocycles. The summed E-state index contributed by atoms with van der Waals surface area (Å²) in [5.74, 6) is -1.20. The van der Waals surface area contributed by atoms with Gasteiger partial charge in [0, 0.05) is 18.7 Å². The third-order valence-corrected chi connectivity index (χ3v) is 2.68. The van der Waals surface area contributed by atoms with Gasteiger partial charge < -0.3 is 9.84 Å². The highest BCUT2D eigenvalue weighted by Gasteiger charge is 2.32. The summed E-state index contributed by atoms with van der Waals surface area (Å²) in [6, 6.07) is 5.85. The van der Waals surface area contributed by atoms with Crippen molar-refractivity contribution in [2.24, 2.45) is 0 Å². The largest absolute Gasteiger partial charge is 0.573 e. The molecule has 0 unspecified atom stereocenters. The van der Waals surface area contributed by atoms with E-state index in [1.807, 2.05) is 6.92 Å². The number of carboxylic acids is 1. The van der Waals surface area contributed by atoms with Gasteiger partial charge in [-0.25, -0.2) is 0 Å². The molecule has 7 heteroatoms. The Bertz CT molecular complexity index is 449. The SMILES string of the molecule is CCN(CCC(=O)O)Cc1ccccc1OC(F)(F)F. The van der Waals surface area contributed by atoms with Gasteiger partial charge in [-0.05, 0) is 12.6 Å². The Balaban J connectivity index is 2.77. The van der Waals surface area contributed by atoms with Gasteiger partial charge in [-0.3, -0.25) is 9.69 Å². The van der Waals surface area contributed by atoms with Gasteiger partial charge in [-0.1, -0.05) is 25.1 Å². The minimum atomic E-state index is -4.74. The number of rotatable bonds is 7. The summed E-state index contributed by atoms with van der Waals surface area (Å²) in [4.78, 5) is 12.3. The van der Waals surface area contributed by atoms with Crippen molar-refractivity contribution in [2.45, 2.75) is 26.3 Å². The summed E-state index contributed by atoms with van der Waals surface area (Å²) >= 11 is 0. The molecule has 1 N–H and O–H groups in total. The molecule has 0 aromatic heterocycles. The molecule has 0 aliphatic carbocycles. The third kappa shape index (κ3) is 5.92. The minimum Gasteiger partial charge on any atom is -0.481 e. The predicted octanol–water partition coefficient (Wildman–Crippen LogP) is 2.88. The Kier molecular flexibility index (Phi) is 5.82. The first-order valence-corrected chi connectivity index (χ1v) is 6.09. The van der Waals surface area contributed by atoms with E-state index in [-0.39, 0.29) is 25.3 Å². The van der Waals surface area contributed by atoms with Crippen molar-refractivity contribution in [3.8, 4) is 5.75 Å². The first-order valence-electron chi connectivity index (χ1n) is 6.09. The number of ether oxygens (including phenoxy) is 1. The number of benzene rings is 1. The Morgan fingerprint density at radius 3 is 2.55 bits per heavy atom. The molecule has 0 atom stereocenters. The Labute approximate surface area is 114 Å². The number of hydrogen-bond donors (Lipinski definition) is 1. The Hall–Kier alpha value is -1.76. The van der Waals surface area contributed by atoms with Crippen LogP contribution in [-0.4, -0.2) is 35.4 Å². The summed E-state index contributed by atoms with van der Waals surface area (Å²) in [5, 5.41) is 8.63. The van der Waals surface area contributed by atoms with Gasteiger partial charge in [0.15, 0.2) is 0 Å². The van der Waals surface area contributed by atoms with Gasteiger partial charge in [-0.2, -0.15) is 0 Å². The maximum Gasteiger partial charge on any atom is 0.573 e. The molecule has 0 saturated carbocycles. The van der Waals surface area contributed by atoms with E-state index in [1.54, 1.807) is 11.0 Å². The van der Waals surface area contributed by atoms with Crippen LogP contribution in [0, 0.1) is 0 Å². The number of alkyl halides is 3. The lowest BCUT2D eigenvalue weighted by atomic mass is 10.2. The maximum atomic E-state index is 12.3. The minimum absolute atomic E-state index is 0.0594. The molecular weight excluding hydrogens is 275 g/mol. The molecule has 0 aliphatic heterocycles. The second kappa shape index (κ2) is 7.14. The molecule has 0 fully saturated rings. The van der Waals surface area contributed by atoms with E-state index in [4.69, 9.17) is 5.11 Å². The van der Waals surface area contributed by atoms with Crippen LogP contribution in [0.15, 0.2) is 24.3 Å². The van der Waals surface area contributed by atoms with Gasteiger partial charge in [0.25, 0.3) is 0 Å². The normalized spacial score (nSPS) is 11.7. The molecule has 0 amide bonds. The van der Waals surface area contributed by atoms with Crippen LogP contribution in [0.2, 0.25) is 0 Å². The lowest BCUT2D eigenvalue weighted by Gasteiger charge is -2.21. The van der Waals surface area contributed by atoms with Crippen LogP contribution in [0.3, 0.4) is 0 Å². The van der Waals surface area contributed by atoms with Crippen molar-refractivity contribution in [2.75, 3.05) is 13.1 Å². The van der Waals surface area contributed by atoms with Crippen LogP contribution in [0.1, 0.15) is 18.9 Å². The number of carboxylic acid groups (broad SMARTS) is 1. The van der Waals surface area contributed by atoms with E-state index in [0.717, 1.165) is 0 Å². The first-order chi connectivity index (χ1) is 9.31. The third-order valence-electron chi connectivity index (χ3n) is 2.68. The van der Waals surface area contributed by atoms with Crippen LogP contribution in [0.4, 0.5) is 13.2 Å². The lowest BCUT2D eigenvalue weighted by Crippen LogP contribution is -2.26. The number of para-hydroxylation sites is 1. The molecule has 0 aliphatic rings. The van der Waals surface area contributed by atoms with Crippen molar-refractivity contribution in [1.29, 1.82) is 0 Å². The van der Waals surface area contributed by atoms with E-state index in [1.165, 1.54) is 18.2 Å². The molecule has 0 spiro atoms. The smallest absolute Gasteiger partial charge is 0.481 e. The van der Waals surface area contributed by atoms with Crippen molar-refractivity contribution >= 4 is 5.97 Å².